The highest BCUT2D eigenvalue weighted by atomic mass is 35.5. The average molecular weight is 422 g/mol. The maximum atomic E-state index is 12.8. The van der Waals surface area contributed by atoms with Crippen LogP contribution < -0.4 is 10.3 Å². The van der Waals surface area contributed by atoms with Gasteiger partial charge in [0.25, 0.3) is 5.56 Å². The largest absolute Gasteiger partial charge is 0.486 e. The minimum atomic E-state index is -0.619. The maximum Gasteiger partial charge on any atom is 0.358 e. The van der Waals surface area contributed by atoms with Crippen molar-refractivity contribution in [2.75, 3.05) is 6.61 Å². The Morgan fingerprint density at radius 1 is 1.00 bits per heavy atom. The molecule has 4 aromatic rings. The van der Waals surface area contributed by atoms with Gasteiger partial charge < -0.3 is 14.0 Å². The monoisotopic (exact) mass is 421 g/mol. The number of hydrogen-bond acceptors (Lipinski definition) is 4. The van der Waals surface area contributed by atoms with Gasteiger partial charge in [0.1, 0.15) is 6.61 Å². The molecule has 1 aromatic heterocycles. The summed E-state index contributed by atoms with van der Waals surface area (Å²) < 4.78 is 12.6. The van der Waals surface area contributed by atoms with Crippen molar-refractivity contribution >= 4 is 39.1 Å². The third-order valence-electron chi connectivity index (χ3n) is 5.03. The fourth-order valence-corrected chi connectivity index (χ4v) is 3.77. The zero-order valence-corrected chi connectivity index (χ0v) is 17.4. The molecule has 0 spiro atoms. The minimum Gasteiger partial charge on any atom is -0.486 e. The number of carbonyl (C=O) groups excluding carboxylic acids is 1. The first-order valence-electron chi connectivity index (χ1n) is 9.60. The summed E-state index contributed by atoms with van der Waals surface area (Å²) in [6.45, 7) is 2.11. The highest BCUT2D eigenvalue weighted by Gasteiger charge is 2.23. The molecule has 6 heteroatoms. The Kier molecular flexibility index (Phi) is 5.46. The summed E-state index contributed by atoms with van der Waals surface area (Å²) in [6.07, 6.45) is 0. The van der Waals surface area contributed by atoms with Gasteiger partial charge in [0, 0.05) is 17.5 Å². The summed E-state index contributed by atoms with van der Waals surface area (Å²) in [4.78, 5) is 25.5. The molecule has 0 radical (unpaired) electrons. The lowest BCUT2D eigenvalue weighted by molar-refractivity contribution is 0.0508. The summed E-state index contributed by atoms with van der Waals surface area (Å²) in [5, 5.41) is 3.50. The standard InChI is InChI=1S/C24H20ClNO4/c1-3-29-24(28)21-22(20-13-17(25)11-12-19(20)23(27)26(21)2)30-14-16-9-6-8-15-7-4-5-10-18(15)16/h4-13H,3,14H2,1-2H3. The van der Waals surface area contributed by atoms with Crippen LogP contribution in [0.3, 0.4) is 0 Å². The topological polar surface area (TPSA) is 57.5 Å². The summed E-state index contributed by atoms with van der Waals surface area (Å²) >= 11 is 6.19. The van der Waals surface area contributed by atoms with Crippen LogP contribution in [0.25, 0.3) is 21.5 Å². The lowest BCUT2D eigenvalue weighted by Crippen LogP contribution is -2.26. The summed E-state index contributed by atoms with van der Waals surface area (Å²) in [7, 11) is 1.54. The Labute approximate surface area is 178 Å². The van der Waals surface area contributed by atoms with E-state index in [0.717, 1.165) is 16.3 Å². The van der Waals surface area contributed by atoms with E-state index >= 15 is 0 Å². The van der Waals surface area contributed by atoms with Gasteiger partial charge >= 0.3 is 5.97 Å². The maximum absolute atomic E-state index is 12.8. The van der Waals surface area contributed by atoms with Crippen LogP contribution in [0.4, 0.5) is 0 Å². The van der Waals surface area contributed by atoms with E-state index in [4.69, 9.17) is 21.1 Å². The number of esters is 1. The van der Waals surface area contributed by atoms with E-state index < -0.39 is 5.97 Å². The van der Waals surface area contributed by atoms with Crippen LogP contribution in [0.5, 0.6) is 5.75 Å². The van der Waals surface area contributed by atoms with Gasteiger partial charge in [-0.1, -0.05) is 54.1 Å². The highest BCUT2D eigenvalue weighted by molar-refractivity contribution is 6.31. The predicted octanol–water partition coefficient (Wildman–Crippen LogP) is 5.10. The summed E-state index contributed by atoms with van der Waals surface area (Å²) in [5.74, 6) is -0.340. The Bertz CT molecular complexity index is 1320. The molecule has 0 N–H and O–H groups in total. The fourth-order valence-electron chi connectivity index (χ4n) is 3.60. The van der Waals surface area contributed by atoms with Crippen LogP contribution in [-0.2, 0) is 18.4 Å². The quantitative estimate of drug-likeness (QED) is 0.420. The molecule has 1 heterocycles. The molecular formula is C24H20ClNO4. The fraction of sp³-hybridized carbons (Fsp3) is 0.167. The molecule has 5 nitrogen and oxygen atoms in total. The molecule has 0 aliphatic carbocycles. The van der Waals surface area contributed by atoms with E-state index in [1.165, 1.54) is 11.6 Å². The summed E-state index contributed by atoms with van der Waals surface area (Å²) in [5.41, 5.74) is 0.714. The molecule has 0 saturated carbocycles. The van der Waals surface area contributed by atoms with Crippen LogP contribution in [0.2, 0.25) is 5.02 Å². The van der Waals surface area contributed by atoms with Crippen LogP contribution >= 0.6 is 11.6 Å². The van der Waals surface area contributed by atoms with Crippen LogP contribution in [0.1, 0.15) is 23.0 Å². The smallest absolute Gasteiger partial charge is 0.358 e. The van der Waals surface area contributed by atoms with Gasteiger partial charge in [0.15, 0.2) is 11.4 Å². The molecule has 3 aromatic carbocycles. The van der Waals surface area contributed by atoms with Crippen LogP contribution in [-0.4, -0.2) is 17.1 Å². The first-order chi connectivity index (χ1) is 14.5. The van der Waals surface area contributed by atoms with Gasteiger partial charge in [-0.15, -0.1) is 0 Å². The van der Waals surface area contributed by atoms with Crippen molar-refractivity contribution in [2.45, 2.75) is 13.5 Å². The zero-order valence-electron chi connectivity index (χ0n) is 16.6. The van der Waals surface area contributed by atoms with E-state index in [-0.39, 0.29) is 30.2 Å². The zero-order chi connectivity index (χ0) is 21.3. The Hall–Kier alpha value is -3.31. The van der Waals surface area contributed by atoms with Crippen LogP contribution in [0, 0.1) is 0 Å². The van der Waals surface area contributed by atoms with Crippen molar-refractivity contribution in [1.29, 1.82) is 0 Å². The second-order valence-electron chi connectivity index (χ2n) is 6.88. The van der Waals surface area contributed by atoms with Crippen molar-refractivity contribution in [3.63, 3.8) is 0 Å². The third-order valence-corrected chi connectivity index (χ3v) is 5.27. The van der Waals surface area contributed by atoms with Crippen molar-refractivity contribution < 1.29 is 14.3 Å². The SMILES string of the molecule is CCOC(=O)c1c(OCc2cccc3ccccc23)c2cc(Cl)ccc2c(=O)n1C. The highest BCUT2D eigenvalue weighted by Crippen LogP contribution is 2.31. The van der Waals surface area contributed by atoms with Gasteiger partial charge in [0.05, 0.1) is 12.0 Å². The molecule has 4 rings (SSSR count). The van der Waals surface area contributed by atoms with Crippen molar-refractivity contribution in [1.82, 2.24) is 4.57 Å². The molecule has 0 amide bonds. The molecule has 0 bridgehead atoms. The molecule has 0 atom stereocenters. The van der Waals surface area contributed by atoms with Gasteiger partial charge in [-0.25, -0.2) is 4.79 Å². The molecule has 0 unspecified atom stereocenters. The van der Waals surface area contributed by atoms with E-state index in [9.17, 15) is 9.59 Å². The van der Waals surface area contributed by atoms with E-state index in [1.807, 2.05) is 42.5 Å². The molecule has 152 valence electrons. The third kappa shape index (κ3) is 3.53. The second kappa shape index (κ2) is 8.20. The van der Waals surface area contributed by atoms with Gasteiger partial charge in [-0.3, -0.25) is 4.79 Å². The first kappa shape index (κ1) is 20.0. The lowest BCUT2D eigenvalue weighted by Gasteiger charge is -2.17. The Morgan fingerprint density at radius 2 is 1.77 bits per heavy atom. The predicted molar refractivity (Wildman–Crippen MR) is 118 cm³/mol. The number of halogens is 1. The average Bonchev–Trinajstić information content (AvgIpc) is 2.75. The molecule has 0 saturated heterocycles. The normalized spacial score (nSPS) is 11.0. The Balaban J connectivity index is 1.88. The lowest BCUT2D eigenvalue weighted by atomic mass is 10.1. The second-order valence-corrected chi connectivity index (χ2v) is 7.32. The Morgan fingerprint density at radius 3 is 2.57 bits per heavy atom. The van der Waals surface area contributed by atoms with E-state index in [1.54, 1.807) is 25.1 Å². The number of benzene rings is 3. The number of nitrogens with zero attached hydrogens (tertiary/aromatic N) is 1. The number of aromatic nitrogens is 1. The van der Waals surface area contributed by atoms with E-state index in [2.05, 4.69) is 0 Å². The molecule has 0 aliphatic heterocycles. The van der Waals surface area contributed by atoms with Gasteiger partial charge in [-0.05, 0) is 41.5 Å². The molecule has 0 fully saturated rings. The number of rotatable bonds is 5. The number of ether oxygens (including phenoxy) is 2. The molecule has 30 heavy (non-hydrogen) atoms. The van der Waals surface area contributed by atoms with Crippen LogP contribution in [0.15, 0.2) is 65.5 Å². The number of carbonyl (C=O) groups is 1. The summed E-state index contributed by atoms with van der Waals surface area (Å²) in [6, 6.07) is 18.9. The number of fused-ring (bicyclic) bond motifs is 2. The van der Waals surface area contributed by atoms with Gasteiger partial charge in [-0.2, -0.15) is 0 Å². The minimum absolute atomic E-state index is 0.0665. The molecule has 0 aliphatic rings. The van der Waals surface area contributed by atoms with Gasteiger partial charge in [0.2, 0.25) is 0 Å². The first-order valence-corrected chi connectivity index (χ1v) is 9.98. The number of hydrogen-bond donors (Lipinski definition) is 0. The van der Waals surface area contributed by atoms with Crippen molar-refractivity contribution in [3.05, 3.63) is 87.3 Å². The number of pyridine rings is 1. The van der Waals surface area contributed by atoms with Crippen molar-refractivity contribution in [2.24, 2.45) is 7.05 Å². The van der Waals surface area contributed by atoms with E-state index in [0.29, 0.717) is 15.8 Å². The van der Waals surface area contributed by atoms with Crippen molar-refractivity contribution in [3.8, 4) is 5.75 Å². The molecular weight excluding hydrogens is 402 g/mol.